The SMILES string of the molecule is CC/C=C\C/C=C\C/C=C\C/C=C\CCCCCCCCCCC(=O)OC(COC(=O)CCCCCCCCCCCCCCCCCCCC)COC1OC(CS(=O)(=O)O)C(O)C(O)C1O. The average Bonchev–Trinajstić information content (AvgIpc) is 3.30. The van der Waals surface area contributed by atoms with Crippen LogP contribution in [0.3, 0.4) is 0 Å². The minimum atomic E-state index is -4.61. The molecule has 13 heteroatoms. The molecule has 4 N–H and O–H groups in total. The van der Waals surface area contributed by atoms with Gasteiger partial charge in [-0.25, -0.2) is 0 Å². The van der Waals surface area contributed by atoms with Gasteiger partial charge in [0.25, 0.3) is 10.1 Å². The maximum atomic E-state index is 12.9. The fraction of sp³-hybridized carbons (Fsp3) is 0.815. The largest absolute Gasteiger partial charge is 0.462 e. The molecule has 1 saturated heterocycles. The Balaban J connectivity index is 2.36. The highest BCUT2D eigenvalue weighted by Crippen LogP contribution is 2.24. The Morgan fingerprint density at radius 2 is 0.940 bits per heavy atom. The highest BCUT2D eigenvalue weighted by atomic mass is 32.2. The second-order valence-corrected chi connectivity index (χ2v) is 20.0. The molecule has 1 rings (SSSR count). The molecular formula is C54H96O12S. The summed E-state index contributed by atoms with van der Waals surface area (Å²) in [7, 11) is -4.61. The van der Waals surface area contributed by atoms with E-state index in [1.807, 2.05) is 0 Å². The van der Waals surface area contributed by atoms with Crippen LogP contribution in [-0.2, 0) is 38.7 Å². The number of rotatable bonds is 45. The van der Waals surface area contributed by atoms with Crippen LogP contribution in [0.4, 0.5) is 0 Å². The van der Waals surface area contributed by atoms with E-state index in [0.29, 0.717) is 12.8 Å². The van der Waals surface area contributed by atoms with Gasteiger partial charge in [-0.1, -0.05) is 210 Å². The summed E-state index contributed by atoms with van der Waals surface area (Å²) in [5.41, 5.74) is 0. The van der Waals surface area contributed by atoms with Crippen LogP contribution in [0.5, 0.6) is 0 Å². The van der Waals surface area contributed by atoms with Gasteiger partial charge in [-0.2, -0.15) is 8.42 Å². The van der Waals surface area contributed by atoms with Crippen molar-refractivity contribution in [2.24, 2.45) is 0 Å². The molecule has 0 aromatic carbocycles. The third-order valence-corrected chi connectivity index (χ3v) is 12.9. The van der Waals surface area contributed by atoms with Crippen LogP contribution in [0.2, 0.25) is 0 Å². The van der Waals surface area contributed by atoms with Gasteiger partial charge in [0.2, 0.25) is 0 Å². The fourth-order valence-corrected chi connectivity index (χ4v) is 8.77. The number of carbonyl (C=O) groups is 2. The molecule has 0 saturated carbocycles. The molecule has 67 heavy (non-hydrogen) atoms. The molecule has 6 atom stereocenters. The highest BCUT2D eigenvalue weighted by Gasteiger charge is 2.46. The van der Waals surface area contributed by atoms with E-state index in [1.165, 1.54) is 109 Å². The van der Waals surface area contributed by atoms with E-state index in [9.17, 15) is 37.9 Å². The molecule has 0 aliphatic carbocycles. The van der Waals surface area contributed by atoms with Crippen molar-refractivity contribution >= 4 is 22.1 Å². The van der Waals surface area contributed by atoms with E-state index in [1.54, 1.807) is 0 Å². The summed E-state index contributed by atoms with van der Waals surface area (Å²) in [5.74, 6) is -1.98. The third-order valence-electron chi connectivity index (χ3n) is 12.2. The highest BCUT2D eigenvalue weighted by molar-refractivity contribution is 7.85. The first-order valence-corrected chi connectivity index (χ1v) is 28.3. The zero-order chi connectivity index (χ0) is 49.1. The molecule has 1 heterocycles. The van der Waals surface area contributed by atoms with Crippen LogP contribution >= 0.6 is 0 Å². The number of unbranched alkanes of at least 4 members (excludes halogenated alkanes) is 25. The summed E-state index contributed by atoms with van der Waals surface area (Å²) in [5, 5.41) is 31.0. The second kappa shape index (κ2) is 43.6. The lowest BCUT2D eigenvalue weighted by atomic mass is 10.00. The normalized spacial score (nSPS) is 19.6. The van der Waals surface area contributed by atoms with Gasteiger partial charge in [-0.05, 0) is 51.4 Å². The number of aliphatic hydroxyl groups is 3. The van der Waals surface area contributed by atoms with Crippen molar-refractivity contribution in [1.29, 1.82) is 0 Å². The Morgan fingerprint density at radius 1 is 0.522 bits per heavy atom. The molecule has 6 unspecified atom stereocenters. The molecule has 0 aromatic rings. The number of hydrogen-bond donors (Lipinski definition) is 4. The average molecular weight is 969 g/mol. The number of carbonyl (C=O) groups excluding carboxylic acids is 2. The molecule has 1 aliphatic heterocycles. The first-order valence-electron chi connectivity index (χ1n) is 26.7. The van der Waals surface area contributed by atoms with Crippen molar-refractivity contribution < 1.29 is 56.8 Å². The van der Waals surface area contributed by atoms with Crippen molar-refractivity contribution in [3.05, 3.63) is 48.6 Å². The molecule has 1 aliphatic rings. The lowest BCUT2D eigenvalue weighted by Crippen LogP contribution is -2.60. The van der Waals surface area contributed by atoms with Crippen LogP contribution in [0, 0.1) is 0 Å². The van der Waals surface area contributed by atoms with E-state index in [4.69, 9.17) is 18.9 Å². The van der Waals surface area contributed by atoms with E-state index in [2.05, 4.69) is 62.5 Å². The number of allylic oxidation sites excluding steroid dienone is 8. The van der Waals surface area contributed by atoms with Crippen LogP contribution in [0.15, 0.2) is 48.6 Å². The molecule has 0 spiro atoms. The lowest BCUT2D eigenvalue weighted by Gasteiger charge is -2.40. The van der Waals surface area contributed by atoms with Gasteiger partial charge >= 0.3 is 11.9 Å². The second-order valence-electron chi connectivity index (χ2n) is 18.5. The van der Waals surface area contributed by atoms with Gasteiger partial charge < -0.3 is 34.3 Å². The van der Waals surface area contributed by atoms with E-state index in [0.717, 1.165) is 77.0 Å². The van der Waals surface area contributed by atoms with Crippen molar-refractivity contribution in [3.8, 4) is 0 Å². The van der Waals surface area contributed by atoms with Gasteiger partial charge in [0.15, 0.2) is 12.4 Å². The van der Waals surface area contributed by atoms with Crippen molar-refractivity contribution in [3.63, 3.8) is 0 Å². The predicted octanol–water partition coefficient (Wildman–Crippen LogP) is 12.3. The first kappa shape index (κ1) is 62.6. The first-order chi connectivity index (χ1) is 32.5. The predicted molar refractivity (Wildman–Crippen MR) is 270 cm³/mol. The number of hydrogen-bond acceptors (Lipinski definition) is 11. The fourth-order valence-electron chi connectivity index (χ4n) is 8.08. The quantitative estimate of drug-likeness (QED) is 0.0196. The molecule has 0 bridgehead atoms. The Hall–Kier alpha value is -2.39. The van der Waals surface area contributed by atoms with Gasteiger partial charge in [0.05, 0.1) is 6.61 Å². The Morgan fingerprint density at radius 3 is 1.40 bits per heavy atom. The molecule has 12 nitrogen and oxygen atoms in total. The van der Waals surface area contributed by atoms with E-state index in [-0.39, 0.29) is 19.4 Å². The van der Waals surface area contributed by atoms with Gasteiger partial charge in [0, 0.05) is 12.8 Å². The summed E-state index contributed by atoms with van der Waals surface area (Å²) < 4.78 is 54.3. The summed E-state index contributed by atoms with van der Waals surface area (Å²) in [6, 6.07) is 0. The Kier molecular flexibility index (Phi) is 40.8. The Bertz CT molecular complexity index is 1410. The maximum absolute atomic E-state index is 12.9. The summed E-state index contributed by atoms with van der Waals surface area (Å²) >= 11 is 0. The van der Waals surface area contributed by atoms with E-state index < -0.39 is 71.2 Å². The lowest BCUT2D eigenvalue weighted by molar-refractivity contribution is -0.297. The van der Waals surface area contributed by atoms with Crippen LogP contribution in [0.1, 0.15) is 226 Å². The summed E-state index contributed by atoms with van der Waals surface area (Å²) in [4.78, 5) is 25.6. The topological polar surface area (TPSA) is 186 Å². The number of ether oxygens (including phenoxy) is 4. The monoisotopic (exact) mass is 969 g/mol. The molecule has 1 fully saturated rings. The minimum Gasteiger partial charge on any atom is -0.462 e. The number of esters is 2. The van der Waals surface area contributed by atoms with Crippen LogP contribution in [0.25, 0.3) is 0 Å². The third kappa shape index (κ3) is 38.1. The summed E-state index contributed by atoms with van der Waals surface area (Å²) in [6.07, 6.45) is 44.3. The minimum absolute atomic E-state index is 0.155. The van der Waals surface area contributed by atoms with Gasteiger partial charge in [-0.15, -0.1) is 0 Å². The van der Waals surface area contributed by atoms with E-state index >= 15 is 0 Å². The standard InChI is InChI=1S/C54H96O12S/c1-3-5-7-9-11-13-15-17-19-21-23-24-25-27-29-31-33-35-37-39-41-43-50(56)65-47(45-64-54-53(59)52(58)51(57)48(66-54)46-67(60,61)62)44-63-49(55)42-40-38-36-34-32-30-28-26-22-20-18-16-14-12-10-8-6-4-2/h5,7,11,13,17,19,23-24,47-48,51-54,57-59H,3-4,6,8-10,12,14-16,18,20-22,25-46H2,1-2H3,(H,60,61,62)/b7-5-,13-11-,19-17-,24-23-. The van der Waals surface area contributed by atoms with Crippen molar-refractivity contribution in [2.75, 3.05) is 19.0 Å². The Labute approximate surface area is 407 Å². The smallest absolute Gasteiger partial charge is 0.306 e. The molecule has 0 amide bonds. The van der Waals surface area contributed by atoms with Crippen LogP contribution in [-0.4, -0.2) is 96.0 Å². The number of aliphatic hydroxyl groups excluding tert-OH is 3. The van der Waals surface area contributed by atoms with Crippen molar-refractivity contribution in [1.82, 2.24) is 0 Å². The molecular weight excluding hydrogens is 873 g/mol. The zero-order valence-corrected chi connectivity index (χ0v) is 42.8. The molecule has 0 aromatic heterocycles. The van der Waals surface area contributed by atoms with Crippen molar-refractivity contribution in [2.45, 2.75) is 263 Å². The van der Waals surface area contributed by atoms with Crippen LogP contribution < -0.4 is 0 Å². The molecule has 390 valence electrons. The summed E-state index contributed by atoms with van der Waals surface area (Å²) in [6.45, 7) is 3.68. The van der Waals surface area contributed by atoms with Gasteiger partial charge in [0.1, 0.15) is 36.8 Å². The maximum Gasteiger partial charge on any atom is 0.306 e. The van der Waals surface area contributed by atoms with Gasteiger partial charge in [-0.3, -0.25) is 14.1 Å². The zero-order valence-electron chi connectivity index (χ0n) is 42.0. The molecule has 0 radical (unpaired) electrons.